The van der Waals surface area contributed by atoms with Crippen LogP contribution in [0.1, 0.15) is 20.3 Å². The Bertz CT molecular complexity index is 147. The van der Waals surface area contributed by atoms with Gasteiger partial charge in [-0.2, -0.15) is 0 Å². The minimum Gasteiger partial charge on any atom is -0.338 e. The molecule has 0 aliphatic carbocycles. The summed E-state index contributed by atoms with van der Waals surface area (Å²) >= 11 is 0. The van der Waals surface area contributed by atoms with Gasteiger partial charge in [0.25, 0.3) is 0 Å². The molecule has 0 aromatic rings. The van der Waals surface area contributed by atoms with Crippen molar-refractivity contribution in [3.63, 3.8) is 0 Å². The molecule has 2 heteroatoms. The number of nitrogens with zero attached hydrogens (tertiary/aromatic N) is 2. The quantitative estimate of drug-likeness (QED) is 0.422. The average molecular weight is 140 g/mol. The van der Waals surface area contributed by atoms with Crippen molar-refractivity contribution in [1.29, 1.82) is 0 Å². The van der Waals surface area contributed by atoms with Gasteiger partial charge < -0.3 is 4.90 Å². The molecule has 0 spiro atoms. The second kappa shape index (κ2) is 4.09. The van der Waals surface area contributed by atoms with Crippen LogP contribution in [0.4, 0.5) is 0 Å². The van der Waals surface area contributed by atoms with Crippen LogP contribution >= 0.6 is 0 Å². The highest BCUT2D eigenvalue weighted by atomic mass is 15.2. The first-order valence-corrected chi connectivity index (χ1v) is 3.48. The Hall–Kier alpha value is -0.790. The van der Waals surface area contributed by atoms with E-state index in [1.807, 2.05) is 18.9 Å². The molecular weight excluding hydrogens is 124 g/mol. The third-order valence-corrected chi connectivity index (χ3v) is 1.69. The topological polar surface area (TPSA) is 15.6 Å². The maximum Gasteiger partial charge on any atom is 0.0993 e. The van der Waals surface area contributed by atoms with Crippen molar-refractivity contribution >= 4 is 5.84 Å². The van der Waals surface area contributed by atoms with Gasteiger partial charge in [0.15, 0.2) is 0 Å². The van der Waals surface area contributed by atoms with E-state index in [4.69, 9.17) is 0 Å². The molecule has 0 amide bonds. The first-order chi connectivity index (χ1) is 4.63. The summed E-state index contributed by atoms with van der Waals surface area (Å²) < 4.78 is 0. The molecule has 0 radical (unpaired) electrons. The molecule has 0 N–H and O–H groups in total. The Labute approximate surface area is 63.3 Å². The van der Waals surface area contributed by atoms with Gasteiger partial charge in [0, 0.05) is 19.8 Å². The second-order valence-corrected chi connectivity index (χ2v) is 2.25. The van der Waals surface area contributed by atoms with E-state index in [2.05, 4.69) is 18.5 Å². The van der Waals surface area contributed by atoms with E-state index in [0.717, 1.165) is 18.0 Å². The molecule has 0 aromatic carbocycles. The second-order valence-electron chi connectivity index (χ2n) is 2.25. The van der Waals surface area contributed by atoms with Crippen LogP contribution in [0.15, 0.2) is 17.3 Å². The lowest BCUT2D eigenvalue weighted by Gasteiger charge is -2.19. The van der Waals surface area contributed by atoms with Gasteiger partial charge in [0.2, 0.25) is 0 Å². The monoisotopic (exact) mass is 140 g/mol. The Balaban J connectivity index is 4.08. The van der Waals surface area contributed by atoms with Gasteiger partial charge in [-0.15, -0.1) is 0 Å². The molecule has 2 nitrogen and oxygen atoms in total. The van der Waals surface area contributed by atoms with Crippen molar-refractivity contribution < 1.29 is 0 Å². The van der Waals surface area contributed by atoms with E-state index < -0.39 is 0 Å². The summed E-state index contributed by atoms with van der Waals surface area (Å²) in [6.07, 6.45) is 0.976. The minimum atomic E-state index is 0.976. The van der Waals surface area contributed by atoms with E-state index in [1.54, 1.807) is 7.05 Å². The molecule has 0 atom stereocenters. The van der Waals surface area contributed by atoms with Crippen molar-refractivity contribution in [1.82, 2.24) is 4.90 Å². The van der Waals surface area contributed by atoms with Crippen molar-refractivity contribution in [2.24, 2.45) is 4.99 Å². The normalized spacial score (nSPS) is 11.4. The van der Waals surface area contributed by atoms with E-state index in [9.17, 15) is 0 Å². The molecule has 0 saturated carbocycles. The third kappa shape index (κ3) is 2.21. The van der Waals surface area contributed by atoms with Gasteiger partial charge >= 0.3 is 0 Å². The summed E-state index contributed by atoms with van der Waals surface area (Å²) in [7, 11) is 3.77. The van der Waals surface area contributed by atoms with Gasteiger partial charge in [0.05, 0.1) is 5.84 Å². The lowest BCUT2D eigenvalue weighted by molar-refractivity contribution is 0.597. The van der Waals surface area contributed by atoms with E-state index in [0.29, 0.717) is 0 Å². The number of amidine groups is 1. The smallest absolute Gasteiger partial charge is 0.0993 e. The van der Waals surface area contributed by atoms with Gasteiger partial charge in [-0.05, 0) is 13.3 Å². The first-order valence-electron chi connectivity index (χ1n) is 3.48. The molecule has 0 fully saturated rings. The molecule has 10 heavy (non-hydrogen) atoms. The van der Waals surface area contributed by atoms with Crippen LogP contribution in [0.25, 0.3) is 0 Å². The Morgan fingerprint density at radius 1 is 1.60 bits per heavy atom. The van der Waals surface area contributed by atoms with Gasteiger partial charge in [0.1, 0.15) is 0 Å². The molecule has 0 rings (SSSR count). The predicted molar refractivity (Wildman–Crippen MR) is 46.2 cm³/mol. The highest BCUT2D eigenvalue weighted by Gasteiger charge is 2.00. The van der Waals surface area contributed by atoms with E-state index >= 15 is 0 Å². The lowest BCUT2D eigenvalue weighted by Crippen LogP contribution is -2.22. The first kappa shape index (κ1) is 9.21. The summed E-state index contributed by atoms with van der Waals surface area (Å²) in [6.45, 7) is 7.95. The number of allylic oxidation sites excluding steroid dienone is 1. The summed E-state index contributed by atoms with van der Waals surface area (Å²) in [4.78, 5) is 6.04. The molecule has 0 heterocycles. The van der Waals surface area contributed by atoms with Crippen molar-refractivity contribution in [2.75, 3.05) is 14.1 Å². The number of hydrogen-bond donors (Lipinski definition) is 0. The predicted octanol–water partition coefficient (Wildman–Crippen LogP) is 1.89. The van der Waals surface area contributed by atoms with Crippen LogP contribution < -0.4 is 0 Å². The van der Waals surface area contributed by atoms with Crippen LogP contribution in [-0.2, 0) is 0 Å². The van der Waals surface area contributed by atoms with Crippen LogP contribution in [-0.4, -0.2) is 24.8 Å². The molecule has 0 saturated heterocycles. The zero-order valence-corrected chi connectivity index (χ0v) is 7.31. The summed E-state index contributed by atoms with van der Waals surface area (Å²) in [5.41, 5.74) is 1.10. The zero-order valence-electron chi connectivity index (χ0n) is 7.31. The molecule has 0 aromatic heterocycles. The lowest BCUT2D eigenvalue weighted by atomic mass is 10.3. The standard InChI is InChI=1S/C8H16N2/c1-6-7(2)10(5)8(3)9-4/h2,6H2,1,3-5H3/b9-8-. The Morgan fingerprint density at radius 2 is 2.10 bits per heavy atom. The fraction of sp³-hybridized carbons (Fsp3) is 0.625. The largest absolute Gasteiger partial charge is 0.338 e. The van der Waals surface area contributed by atoms with Crippen LogP contribution in [0, 0.1) is 0 Å². The van der Waals surface area contributed by atoms with Crippen LogP contribution in [0.5, 0.6) is 0 Å². The maximum atomic E-state index is 4.04. The summed E-state index contributed by atoms with van der Waals surface area (Å²) in [5.74, 6) is 1.01. The Morgan fingerprint density at radius 3 is 2.40 bits per heavy atom. The number of aliphatic imine (C=N–C) groups is 1. The molecular formula is C8H16N2. The molecule has 58 valence electrons. The summed E-state index contributed by atoms with van der Waals surface area (Å²) in [6, 6.07) is 0. The minimum absolute atomic E-state index is 0.976. The average Bonchev–Trinajstić information content (AvgIpc) is 2.00. The highest BCUT2D eigenvalue weighted by molar-refractivity contribution is 5.80. The zero-order chi connectivity index (χ0) is 8.15. The number of hydrogen-bond acceptors (Lipinski definition) is 1. The molecule has 0 aliphatic heterocycles. The fourth-order valence-corrected chi connectivity index (χ4v) is 0.616. The van der Waals surface area contributed by atoms with Crippen molar-refractivity contribution in [3.05, 3.63) is 12.3 Å². The van der Waals surface area contributed by atoms with Crippen molar-refractivity contribution in [3.8, 4) is 0 Å². The highest BCUT2D eigenvalue weighted by Crippen LogP contribution is 2.02. The van der Waals surface area contributed by atoms with E-state index in [1.165, 1.54) is 0 Å². The molecule has 0 unspecified atom stereocenters. The van der Waals surface area contributed by atoms with Crippen LogP contribution in [0.3, 0.4) is 0 Å². The Kier molecular flexibility index (Phi) is 3.77. The fourth-order valence-electron chi connectivity index (χ4n) is 0.616. The SMILES string of the molecule is C=C(CC)N(C)/C(C)=N\C. The van der Waals surface area contributed by atoms with Gasteiger partial charge in [-0.1, -0.05) is 13.5 Å². The molecule has 0 aliphatic rings. The van der Waals surface area contributed by atoms with Gasteiger partial charge in [-0.25, -0.2) is 0 Å². The third-order valence-electron chi connectivity index (χ3n) is 1.69. The van der Waals surface area contributed by atoms with Crippen molar-refractivity contribution in [2.45, 2.75) is 20.3 Å². The van der Waals surface area contributed by atoms with Gasteiger partial charge in [-0.3, -0.25) is 4.99 Å². The van der Waals surface area contributed by atoms with E-state index in [-0.39, 0.29) is 0 Å². The molecule has 0 bridgehead atoms. The summed E-state index contributed by atoms with van der Waals surface area (Å²) in [5, 5.41) is 0. The van der Waals surface area contributed by atoms with Crippen LogP contribution in [0.2, 0.25) is 0 Å². The number of rotatable bonds is 2. The maximum absolute atomic E-state index is 4.04.